The summed E-state index contributed by atoms with van der Waals surface area (Å²) in [4.78, 5) is 9.51. The average molecular weight is 430 g/mol. The molecule has 0 bridgehead atoms. The summed E-state index contributed by atoms with van der Waals surface area (Å²) >= 11 is 0. The van der Waals surface area contributed by atoms with Gasteiger partial charge in [-0.1, -0.05) is 43.7 Å². The molecule has 0 aromatic heterocycles. The molecule has 31 heavy (non-hydrogen) atoms. The Bertz CT molecular complexity index is 630. The van der Waals surface area contributed by atoms with Gasteiger partial charge in [0.25, 0.3) is 0 Å². The van der Waals surface area contributed by atoms with Crippen LogP contribution >= 0.6 is 0 Å². The summed E-state index contributed by atoms with van der Waals surface area (Å²) in [6.07, 6.45) is 7.67. The molecule has 2 aliphatic heterocycles. The molecule has 174 valence electrons. The molecule has 2 aliphatic rings. The van der Waals surface area contributed by atoms with Gasteiger partial charge in [-0.15, -0.1) is 0 Å². The van der Waals surface area contributed by atoms with Gasteiger partial charge in [-0.25, -0.2) is 0 Å². The topological polar surface area (TPSA) is 52.1 Å². The second-order valence-electron chi connectivity index (χ2n) is 8.84. The number of benzene rings is 1. The minimum absolute atomic E-state index is 0.413. The van der Waals surface area contributed by atoms with Gasteiger partial charge in [0.05, 0.1) is 6.10 Å². The largest absolute Gasteiger partial charge is 0.378 e. The zero-order valence-electron chi connectivity index (χ0n) is 19.7. The van der Waals surface area contributed by atoms with Crippen molar-refractivity contribution in [3.8, 4) is 0 Å². The molecule has 1 aromatic carbocycles. The Morgan fingerprint density at radius 3 is 2.61 bits per heavy atom. The predicted molar refractivity (Wildman–Crippen MR) is 130 cm³/mol. The van der Waals surface area contributed by atoms with Crippen molar-refractivity contribution in [2.45, 2.75) is 64.1 Å². The Kier molecular flexibility index (Phi) is 10.6. The van der Waals surface area contributed by atoms with Crippen LogP contribution in [0.2, 0.25) is 0 Å². The van der Waals surface area contributed by atoms with Crippen molar-refractivity contribution in [1.29, 1.82) is 0 Å². The van der Waals surface area contributed by atoms with Crippen LogP contribution < -0.4 is 10.6 Å². The maximum atomic E-state index is 6.15. The van der Waals surface area contributed by atoms with Crippen molar-refractivity contribution in [3.63, 3.8) is 0 Å². The number of aliphatic imine (C=N–C) groups is 1. The lowest BCUT2D eigenvalue weighted by Crippen LogP contribution is -2.49. The Balaban J connectivity index is 1.23. The third-order valence-electron chi connectivity index (χ3n) is 6.63. The van der Waals surface area contributed by atoms with Gasteiger partial charge in [0.2, 0.25) is 0 Å². The molecule has 1 aromatic rings. The molecule has 2 saturated heterocycles. The minimum atomic E-state index is 0.413. The summed E-state index contributed by atoms with van der Waals surface area (Å²) in [5.41, 5.74) is 1.40. The van der Waals surface area contributed by atoms with Crippen molar-refractivity contribution in [2.75, 3.05) is 52.9 Å². The van der Waals surface area contributed by atoms with E-state index in [9.17, 15) is 0 Å². The Labute approximate surface area is 189 Å². The molecule has 6 nitrogen and oxygen atoms in total. The van der Waals surface area contributed by atoms with E-state index in [4.69, 9.17) is 4.74 Å². The van der Waals surface area contributed by atoms with Crippen LogP contribution in [0.5, 0.6) is 0 Å². The van der Waals surface area contributed by atoms with Crippen molar-refractivity contribution < 1.29 is 4.74 Å². The summed E-state index contributed by atoms with van der Waals surface area (Å²) in [7, 11) is 1.85. The predicted octanol–water partition coefficient (Wildman–Crippen LogP) is 3.10. The monoisotopic (exact) mass is 429 g/mol. The summed E-state index contributed by atoms with van der Waals surface area (Å²) in [6, 6.07) is 11.4. The maximum Gasteiger partial charge on any atom is 0.191 e. The van der Waals surface area contributed by atoms with Crippen LogP contribution in [0.1, 0.15) is 51.0 Å². The maximum absolute atomic E-state index is 6.15. The molecule has 0 saturated carbocycles. The van der Waals surface area contributed by atoms with Gasteiger partial charge < -0.3 is 15.4 Å². The first-order valence-electron chi connectivity index (χ1n) is 12.3. The summed E-state index contributed by atoms with van der Waals surface area (Å²) in [5, 5.41) is 6.97. The molecule has 2 fully saturated rings. The SMILES string of the molecule is CCN1CCCCC1CNC(=NC)NCCCOC1CCN(Cc2ccccc2)CC1. The Morgan fingerprint density at radius 2 is 1.87 bits per heavy atom. The molecule has 2 heterocycles. The quantitative estimate of drug-likeness (QED) is 0.340. The minimum Gasteiger partial charge on any atom is -0.378 e. The Morgan fingerprint density at radius 1 is 1.06 bits per heavy atom. The first-order chi connectivity index (χ1) is 15.3. The number of likely N-dealkylation sites (tertiary alicyclic amines) is 2. The van der Waals surface area contributed by atoms with Gasteiger partial charge in [-0.05, 0) is 50.8 Å². The van der Waals surface area contributed by atoms with Crippen LogP contribution in [0, 0.1) is 0 Å². The standard InChI is InChI=1S/C25H43N5O/c1-3-30-16-8-7-12-23(30)20-28-25(26-2)27-15-9-19-31-24-13-17-29(18-14-24)21-22-10-5-4-6-11-22/h4-6,10-11,23-24H,3,7-9,12-21H2,1-2H3,(H2,26,27,28). The molecular weight excluding hydrogens is 386 g/mol. The summed E-state index contributed by atoms with van der Waals surface area (Å²) < 4.78 is 6.15. The lowest BCUT2D eigenvalue weighted by atomic mass is 10.0. The normalized spacial score (nSPS) is 21.9. The fourth-order valence-corrected chi connectivity index (χ4v) is 4.75. The Hall–Kier alpha value is -1.63. The number of hydrogen-bond acceptors (Lipinski definition) is 4. The van der Waals surface area contributed by atoms with Gasteiger partial charge in [-0.2, -0.15) is 0 Å². The van der Waals surface area contributed by atoms with Crippen molar-refractivity contribution >= 4 is 5.96 Å². The van der Waals surface area contributed by atoms with E-state index in [2.05, 4.69) is 62.7 Å². The first kappa shape index (κ1) is 24.0. The molecule has 0 amide bonds. The number of piperidine rings is 2. The highest BCUT2D eigenvalue weighted by Gasteiger charge is 2.21. The molecule has 1 atom stereocenters. The van der Waals surface area contributed by atoms with Crippen molar-refractivity contribution in [3.05, 3.63) is 35.9 Å². The molecular formula is C25H43N5O. The van der Waals surface area contributed by atoms with Gasteiger partial charge >= 0.3 is 0 Å². The third-order valence-corrected chi connectivity index (χ3v) is 6.63. The lowest BCUT2D eigenvalue weighted by Gasteiger charge is -2.35. The fourth-order valence-electron chi connectivity index (χ4n) is 4.75. The van der Waals surface area contributed by atoms with Crippen LogP contribution in [-0.2, 0) is 11.3 Å². The van der Waals surface area contributed by atoms with Crippen LogP contribution in [-0.4, -0.2) is 80.8 Å². The molecule has 0 aliphatic carbocycles. The molecule has 0 radical (unpaired) electrons. The molecule has 3 rings (SSSR count). The highest BCUT2D eigenvalue weighted by atomic mass is 16.5. The van der Waals surface area contributed by atoms with Crippen LogP contribution in [0.15, 0.2) is 35.3 Å². The van der Waals surface area contributed by atoms with E-state index in [0.717, 1.165) is 71.1 Å². The van der Waals surface area contributed by atoms with Crippen LogP contribution in [0.25, 0.3) is 0 Å². The summed E-state index contributed by atoms with van der Waals surface area (Å²) in [5.74, 6) is 0.913. The smallest absolute Gasteiger partial charge is 0.191 e. The van der Waals surface area contributed by atoms with E-state index in [-0.39, 0.29) is 0 Å². The van der Waals surface area contributed by atoms with E-state index in [1.54, 1.807) is 0 Å². The van der Waals surface area contributed by atoms with Gasteiger partial charge in [0.1, 0.15) is 0 Å². The third kappa shape index (κ3) is 8.43. The van der Waals surface area contributed by atoms with E-state index in [1.165, 1.54) is 31.4 Å². The number of likely N-dealkylation sites (N-methyl/N-ethyl adjacent to an activating group) is 1. The molecule has 2 N–H and O–H groups in total. The average Bonchev–Trinajstić information content (AvgIpc) is 2.82. The molecule has 1 unspecified atom stereocenters. The highest BCUT2D eigenvalue weighted by Crippen LogP contribution is 2.17. The highest BCUT2D eigenvalue weighted by molar-refractivity contribution is 5.79. The number of ether oxygens (including phenoxy) is 1. The molecule has 6 heteroatoms. The fraction of sp³-hybridized carbons (Fsp3) is 0.720. The lowest BCUT2D eigenvalue weighted by molar-refractivity contribution is 0.00534. The number of nitrogens with zero attached hydrogens (tertiary/aromatic N) is 3. The number of guanidine groups is 1. The van der Waals surface area contributed by atoms with Crippen molar-refractivity contribution in [1.82, 2.24) is 20.4 Å². The van der Waals surface area contributed by atoms with Gasteiger partial charge in [-0.3, -0.25) is 14.8 Å². The van der Waals surface area contributed by atoms with E-state index in [0.29, 0.717) is 12.1 Å². The van der Waals surface area contributed by atoms with Crippen LogP contribution in [0.3, 0.4) is 0 Å². The zero-order chi connectivity index (χ0) is 21.7. The van der Waals surface area contributed by atoms with E-state index in [1.807, 2.05) is 7.05 Å². The second kappa shape index (κ2) is 13.7. The van der Waals surface area contributed by atoms with Gasteiger partial charge in [0.15, 0.2) is 5.96 Å². The molecule has 0 spiro atoms. The van der Waals surface area contributed by atoms with Crippen LogP contribution in [0.4, 0.5) is 0 Å². The number of hydrogen-bond donors (Lipinski definition) is 2. The summed E-state index contributed by atoms with van der Waals surface area (Å²) in [6.45, 7) is 10.6. The zero-order valence-corrected chi connectivity index (χ0v) is 19.7. The first-order valence-corrected chi connectivity index (χ1v) is 12.3. The second-order valence-corrected chi connectivity index (χ2v) is 8.84. The number of nitrogens with one attached hydrogen (secondary N) is 2. The van der Waals surface area contributed by atoms with E-state index < -0.39 is 0 Å². The van der Waals surface area contributed by atoms with Crippen molar-refractivity contribution in [2.24, 2.45) is 4.99 Å². The van der Waals surface area contributed by atoms with E-state index >= 15 is 0 Å². The van der Waals surface area contributed by atoms with Gasteiger partial charge in [0, 0.05) is 52.4 Å². The number of rotatable bonds is 10.